The molecule has 3 N–H and O–H groups in total. The van der Waals surface area contributed by atoms with Gasteiger partial charge in [0.2, 0.25) is 5.91 Å². The Hall–Kier alpha value is -0.920. The van der Waals surface area contributed by atoms with Gasteiger partial charge in [0.05, 0.1) is 24.4 Å². The molecule has 0 heterocycles. The molecule has 20 heavy (non-hydrogen) atoms. The van der Waals surface area contributed by atoms with Crippen LogP contribution in [0.1, 0.15) is 30.1 Å². The van der Waals surface area contributed by atoms with Gasteiger partial charge in [-0.2, -0.15) is 0 Å². The van der Waals surface area contributed by atoms with Gasteiger partial charge in [-0.3, -0.25) is 4.79 Å². The van der Waals surface area contributed by atoms with Gasteiger partial charge in [-0.05, 0) is 34.5 Å². The first-order valence-electron chi connectivity index (χ1n) is 6.04. The highest BCUT2D eigenvalue weighted by Gasteiger charge is 2.20. The van der Waals surface area contributed by atoms with E-state index in [0.717, 1.165) is 6.42 Å². The third kappa shape index (κ3) is 4.29. The van der Waals surface area contributed by atoms with Crippen LogP contribution in [0.5, 0.6) is 0 Å². The van der Waals surface area contributed by atoms with Gasteiger partial charge < -0.3 is 15.8 Å². The monoisotopic (exact) mass is 406 g/mol. The van der Waals surface area contributed by atoms with Gasteiger partial charge in [-0.15, -0.1) is 0 Å². The summed E-state index contributed by atoms with van der Waals surface area (Å²) in [6.45, 7) is 1.95. The topological polar surface area (TPSA) is 81.4 Å². The predicted octanol–water partition coefficient (Wildman–Crippen LogP) is 3.06. The zero-order valence-corrected chi connectivity index (χ0v) is 14.4. The molecule has 0 saturated heterocycles. The molecule has 0 radical (unpaired) electrons. The normalized spacial score (nSPS) is 11.8. The number of amides is 1. The van der Waals surface area contributed by atoms with Gasteiger partial charge in [0.1, 0.15) is 0 Å². The van der Waals surface area contributed by atoms with Crippen LogP contribution >= 0.6 is 31.9 Å². The fourth-order valence-electron chi connectivity index (χ4n) is 1.63. The summed E-state index contributed by atoms with van der Waals surface area (Å²) >= 11 is 6.61. The van der Waals surface area contributed by atoms with Crippen molar-refractivity contribution in [1.82, 2.24) is 0 Å². The number of anilines is 1. The predicted molar refractivity (Wildman–Crippen MR) is 84.7 cm³/mol. The zero-order chi connectivity index (χ0) is 15.3. The van der Waals surface area contributed by atoms with Crippen LogP contribution in [0.3, 0.4) is 0 Å². The summed E-state index contributed by atoms with van der Waals surface area (Å²) in [5.41, 5.74) is 6.37. The molecular formula is C13H16Br2N2O3. The van der Waals surface area contributed by atoms with Crippen molar-refractivity contribution in [2.75, 3.05) is 12.4 Å². The fourth-order valence-corrected chi connectivity index (χ4v) is 2.95. The lowest BCUT2D eigenvalue weighted by atomic mass is 10.1. The number of halogens is 2. The van der Waals surface area contributed by atoms with E-state index in [0.29, 0.717) is 21.1 Å². The molecule has 0 bridgehead atoms. The molecule has 0 aromatic heterocycles. The van der Waals surface area contributed by atoms with Crippen LogP contribution in [0.25, 0.3) is 0 Å². The van der Waals surface area contributed by atoms with Gasteiger partial charge in [0.25, 0.3) is 0 Å². The molecule has 1 atom stereocenters. The Balaban J connectivity index is 3.10. The molecule has 7 heteroatoms. The van der Waals surface area contributed by atoms with E-state index in [4.69, 9.17) is 10.5 Å². The summed E-state index contributed by atoms with van der Waals surface area (Å²) in [6.07, 6.45) is 1.38. The second kappa shape index (κ2) is 7.75. The highest BCUT2D eigenvalue weighted by atomic mass is 79.9. The van der Waals surface area contributed by atoms with Crippen LogP contribution in [0.15, 0.2) is 21.1 Å². The Morgan fingerprint density at radius 2 is 2.05 bits per heavy atom. The first kappa shape index (κ1) is 17.1. The Morgan fingerprint density at radius 1 is 1.40 bits per heavy atom. The number of rotatable bonds is 5. The van der Waals surface area contributed by atoms with Crippen LogP contribution in [-0.4, -0.2) is 25.0 Å². The summed E-state index contributed by atoms with van der Waals surface area (Å²) in [7, 11) is 1.28. The van der Waals surface area contributed by atoms with Crippen LogP contribution in [0.2, 0.25) is 0 Å². The van der Waals surface area contributed by atoms with E-state index in [9.17, 15) is 9.59 Å². The lowest BCUT2D eigenvalue weighted by molar-refractivity contribution is -0.117. The Morgan fingerprint density at radius 3 is 2.60 bits per heavy atom. The molecule has 0 aliphatic heterocycles. The number of hydrogen-bond donors (Lipinski definition) is 2. The SMILES string of the molecule is CCC[C@H](N)C(=O)Nc1c(Br)cc(Br)cc1C(=O)OC. The van der Waals surface area contributed by atoms with Crippen LogP contribution in [0.4, 0.5) is 5.69 Å². The minimum Gasteiger partial charge on any atom is -0.465 e. The molecule has 0 saturated carbocycles. The molecule has 1 aromatic rings. The number of nitrogens with one attached hydrogen (secondary N) is 1. The van der Waals surface area contributed by atoms with E-state index in [1.165, 1.54) is 7.11 Å². The van der Waals surface area contributed by atoms with Crippen molar-refractivity contribution in [2.24, 2.45) is 5.73 Å². The van der Waals surface area contributed by atoms with Crippen molar-refractivity contribution >= 4 is 49.4 Å². The summed E-state index contributed by atoms with van der Waals surface area (Å²) in [4.78, 5) is 23.8. The highest BCUT2D eigenvalue weighted by Crippen LogP contribution is 2.31. The number of benzene rings is 1. The number of ether oxygens (including phenoxy) is 1. The average molecular weight is 408 g/mol. The number of carbonyl (C=O) groups is 2. The largest absolute Gasteiger partial charge is 0.465 e. The van der Waals surface area contributed by atoms with Gasteiger partial charge in [0, 0.05) is 8.95 Å². The first-order valence-corrected chi connectivity index (χ1v) is 7.63. The minimum atomic E-state index is -0.610. The molecule has 110 valence electrons. The van der Waals surface area contributed by atoms with Crippen molar-refractivity contribution in [3.8, 4) is 0 Å². The van der Waals surface area contributed by atoms with Crippen LogP contribution in [0, 0.1) is 0 Å². The fraction of sp³-hybridized carbons (Fsp3) is 0.385. The smallest absolute Gasteiger partial charge is 0.340 e. The standard InChI is InChI=1S/C13H16Br2N2O3/c1-3-4-10(16)12(18)17-11-8(13(19)20-2)5-7(14)6-9(11)15/h5-6,10H,3-4,16H2,1-2H3,(H,17,18)/t10-/m0/s1. The zero-order valence-electron chi connectivity index (χ0n) is 11.2. The maximum atomic E-state index is 12.0. The van der Waals surface area contributed by atoms with Gasteiger partial charge in [-0.1, -0.05) is 29.3 Å². The van der Waals surface area contributed by atoms with Gasteiger partial charge >= 0.3 is 5.97 Å². The molecule has 1 aromatic carbocycles. The van der Waals surface area contributed by atoms with E-state index in [-0.39, 0.29) is 11.5 Å². The van der Waals surface area contributed by atoms with Gasteiger partial charge in [0.15, 0.2) is 0 Å². The quantitative estimate of drug-likeness (QED) is 0.735. The van der Waals surface area contributed by atoms with Crippen molar-refractivity contribution in [1.29, 1.82) is 0 Å². The van der Waals surface area contributed by atoms with E-state index < -0.39 is 12.0 Å². The Labute approximate surface area is 134 Å². The van der Waals surface area contributed by atoms with E-state index in [1.807, 2.05) is 6.92 Å². The summed E-state index contributed by atoms with van der Waals surface area (Å²) in [6, 6.07) is 2.70. The lowest BCUT2D eigenvalue weighted by Gasteiger charge is -2.15. The number of carbonyl (C=O) groups excluding carboxylic acids is 2. The molecule has 0 spiro atoms. The van der Waals surface area contributed by atoms with E-state index in [1.54, 1.807) is 12.1 Å². The number of esters is 1. The molecule has 0 aliphatic carbocycles. The molecule has 0 unspecified atom stereocenters. The van der Waals surface area contributed by atoms with Crippen LogP contribution in [-0.2, 0) is 9.53 Å². The molecule has 0 aliphatic rings. The van der Waals surface area contributed by atoms with Crippen molar-refractivity contribution in [2.45, 2.75) is 25.8 Å². The van der Waals surface area contributed by atoms with E-state index in [2.05, 4.69) is 37.2 Å². The van der Waals surface area contributed by atoms with Crippen molar-refractivity contribution < 1.29 is 14.3 Å². The van der Waals surface area contributed by atoms with E-state index >= 15 is 0 Å². The maximum absolute atomic E-state index is 12.0. The third-order valence-electron chi connectivity index (χ3n) is 2.64. The second-order valence-corrected chi connectivity index (χ2v) is 5.96. The molecule has 0 fully saturated rings. The molecule has 5 nitrogen and oxygen atoms in total. The lowest BCUT2D eigenvalue weighted by Crippen LogP contribution is -2.35. The molecule has 1 rings (SSSR count). The van der Waals surface area contributed by atoms with Gasteiger partial charge in [-0.25, -0.2) is 4.79 Å². The number of hydrogen-bond acceptors (Lipinski definition) is 4. The summed E-state index contributed by atoms with van der Waals surface area (Å²) in [5.74, 6) is -0.869. The minimum absolute atomic E-state index is 0.255. The number of methoxy groups -OCH3 is 1. The average Bonchev–Trinajstić information content (AvgIpc) is 2.40. The first-order chi connectivity index (χ1) is 9.40. The Bertz CT molecular complexity index is 521. The Kier molecular flexibility index (Phi) is 6.64. The van der Waals surface area contributed by atoms with Crippen molar-refractivity contribution in [3.05, 3.63) is 26.6 Å². The van der Waals surface area contributed by atoms with Crippen molar-refractivity contribution in [3.63, 3.8) is 0 Å². The summed E-state index contributed by atoms with van der Waals surface area (Å²) in [5, 5.41) is 2.67. The molecule has 1 amide bonds. The summed E-state index contributed by atoms with van der Waals surface area (Å²) < 4.78 is 5.98. The third-order valence-corrected chi connectivity index (χ3v) is 3.73. The van der Waals surface area contributed by atoms with Crippen LogP contribution < -0.4 is 11.1 Å². The highest BCUT2D eigenvalue weighted by molar-refractivity contribution is 9.11. The second-order valence-electron chi connectivity index (χ2n) is 4.19. The maximum Gasteiger partial charge on any atom is 0.340 e. The number of nitrogens with two attached hydrogens (primary N) is 1. The molecular weight excluding hydrogens is 392 g/mol.